The lowest BCUT2D eigenvalue weighted by molar-refractivity contribution is -0.341. The van der Waals surface area contributed by atoms with E-state index in [2.05, 4.69) is 47.3 Å². The summed E-state index contributed by atoms with van der Waals surface area (Å²) in [5.74, 6) is -5.36. The minimum atomic E-state index is -2.40. The van der Waals surface area contributed by atoms with Gasteiger partial charge in [-0.2, -0.15) is 0 Å². The van der Waals surface area contributed by atoms with E-state index in [9.17, 15) is 34.3 Å². The van der Waals surface area contributed by atoms with Crippen LogP contribution in [0.2, 0.25) is 0 Å². The maximum absolute atomic E-state index is 15.1. The summed E-state index contributed by atoms with van der Waals surface area (Å²) in [4.78, 5) is 73.7. The van der Waals surface area contributed by atoms with Gasteiger partial charge in [0.15, 0.2) is 30.7 Å². The third-order valence-electron chi connectivity index (χ3n) is 5.78. The number of nitrogens with zero attached hydrogens (tertiary/aromatic N) is 3. The summed E-state index contributed by atoms with van der Waals surface area (Å²) in [6.45, 7) is 4.83. The Bertz CT molecular complexity index is 1130. The summed E-state index contributed by atoms with van der Waals surface area (Å²) in [5.41, 5.74) is 9.18. The van der Waals surface area contributed by atoms with Crippen LogP contribution in [0.3, 0.4) is 0 Å². The molecular weight excluding hydrogens is 970 g/mol. The average Bonchev–Trinajstić information content (AvgIpc) is 2.93. The van der Waals surface area contributed by atoms with Crippen molar-refractivity contribution in [2.45, 2.75) is 103 Å². The number of halogens is 4. The first-order chi connectivity index (χ1) is 21.1. The van der Waals surface area contributed by atoms with Crippen LogP contribution in [0, 0.1) is 0 Å². The van der Waals surface area contributed by atoms with Gasteiger partial charge in [-0.15, -0.1) is 24.0 Å². The minimum absolute atomic E-state index is 0. The van der Waals surface area contributed by atoms with Gasteiger partial charge in [-0.05, 0) is 5.53 Å². The third kappa shape index (κ3) is 14.1. The van der Waals surface area contributed by atoms with E-state index in [0.29, 0.717) is 0 Å². The first-order valence-electron chi connectivity index (χ1n) is 12.9. The molecule has 0 aromatic heterocycles. The molecule has 2 rings (SSSR count). The van der Waals surface area contributed by atoms with E-state index in [1.165, 1.54) is 0 Å². The van der Waals surface area contributed by atoms with E-state index < -0.39 is 110 Å². The van der Waals surface area contributed by atoms with Crippen molar-refractivity contribution in [1.82, 2.24) is 0 Å². The number of hydrogen-bond acceptors (Lipinski definition) is 16. The summed E-state index contributed by atoms with van der Waals surface area (Å²) in [5, 5.41) is 3.57. The molecule has 2 aliphatic heterocycles. The summed E-state index contributed by atoms with van der Waals surface area (Å²) in [6.07, 6.45) is -15.8. The van der Waals surface area contributed by atoms with Gasteiger partial charge >= 0.3 is 35.8 Å². The molecule has 0 bridgehead atoms. The third-order valence-corrected chi connectivity index (χ3v) is 5.78. The molecule has 0 amide bonds. The molecule has 0 spiro atoms. The molecule has 0 aromatic carbocycles. The van der Waals surface area contributed by atoms with Crippen molar-refractivity contribution in [2.24, 2.45) is 5.11 Å². The number of esters is 6. The van der Waals surface area contributed by atoms with Crippen LogP contribution in [0.1, 0.15) is 41.5 Å². The molecule has 2 fully saturated rings. The SMILES string of the molecule is CC(=O)OCC1O[C@H](O[C@@H]2C(COC(C)=O)O[C@H](F)C(OC(C)=O)[C@H]2OC(C)=O)C(OC(C)=O)[C@@H](OC(C)=O)[C@@H]1N=[N+]=[N-].I.II. The predicted octanol–water partition coefficient (Wildman–Crippen LogP) is 2.71. The lowest BCUT2D eigenvalue weighted by Gasteiger charge is -2.47. The van der Waals surface area contributed by atoms with Crippen molar-refractivity contribution < 1.29 is 75.8 Å². The summed E-state index contributed by atoms with van der Waals surface area (Å²) >= 11 is 4.24. The molecular formula is C24H33FI3N3O15. The molecule has 0 saturated carbocycles. The van der Waals surface area contributed by atoms with Crippen LogP contribution in [0.4, 0.5) is 4.39 Å². The molecule has 4 unspecified atom stereocenters. The summed E-state index contributed by atoms with van der Waals surface area (Å²) in [6, 6.07) is -1.44. The highest BCUT2D eigenvalue weighted by Gasteiger charge is 2.56. The van der Waals surface area contributed by atoms with Gasteiger partial charge in [-0.3, -0.25) is 28.8 Å². The zero-order valence-corrected chi connectivity index (χ0v) is 31.8. The lowest BCUT2D eigenvalue weighted by Crippen LogP contribution is -2.66. The van der Waals surface area contributed by atoms with Crippen molar-refractivity contribution in [3.05, 3.63) is 10.4 Å². The monoisotopic (exact) mass is 1000 g/mol. The molecule has 18 nitrogen and oxygen atoms in total. The van der Waals surface area contributed by atoms with Crippen molar-refractivity contribution in [3.8, 4) is 0 Å². The van der Waals surface area contributed by atoms with Crippen LogP contribution < -0.4 is 0 Å². The first kappa shape index (κ1) is 44.1. The number of carbonyl (C=O) groups is 6. The Hall–Kier alpha value is -1.87. The van der Waals surface area contributed by atoms with E-state index in [1.54, 1.807) is 0 Å². The number of azide groups is 1. The van der Waals surface area contributed by atoms with E-state index in [1.807, 2.05) is 0 Å². The molecule has 2 heterocycles. The maximum Gasteiger partial charge on any atom is 0.303 e. The van der Waals surface area contributed by atoms with Gasteiger partial charge in [0.25, 0.3) is 0 Å². The Labute approximate surface area is 302 Å². The van der Waals surface area contributed by atoms with Gasteiger partial charge in [-0.25, -0.2) is 4.39 Å². The van der Waals surface area contributed by atoms with Crippen LogP contribution in [0.25, 0.3) is 10.4 Å². The standard InChI is InChI=1S/C24H32FN3O15.I2.HI/c1-9(29)35-7-15-17(27-28-26)19(37-11(3)31)22(40-14(6)34)24(42-15)43-18-16(8-36-10(2)30)41-23(25)21(39-13(5)33)20(18)38-12(4)32;1-2;/h15-24H,7-8H2,1-6H3;;1H/t15?,16?,17-,18-,19+,20+,21?,22?,23+,24-;;/m1../s1. The fourth-order valence-electron chi connectivity index (χ4n) is 4.34. The zero-order valence-electron chi connectivity index (χ0n) is 25.2. The highest BCUT2D eigenvalue weighted by molar-refractivity contribution is 15.0. The molecule has 0 radical (unpaired) electrons. The van der Waals surface area contributed by atoms with E-state index in [-0.39, 0.29) is 24.0 Å². The second kappa shape index (κ2) is 21.9. The molecule has 0 aliphatic carbocycles. The molecule has 2 aliphatic rings. The molecule has 262 valence electrons. The predicted molar refractivity (Wildman–Crippen MR) is 175 cm³/mol. The molecule has 22 heteroatoms. The Kier molecular flexibility index (Phi) is 21.0. The number of hydrogen-bond donors (Lipinski definition) is 0. The van der Waals surface area contributed by atoms with Gasteiger partial charge in [0.2, 0.25) is 6.36 Å². The zero-order chi connectivity index (χ0) is 34.4. The number of carbonyl (C=O) groups excluding carboxylic acids is 6. The largest absolute Gasteiger partial charge is 0.463 e. The van der Waals surface area contributed by atoms with Crippen LogP contribution in [0.15, 0.2) is 5.11 Å². The smallest absolute Gasteiger partial charge is 0.303 e. The van der Waals surface area contributed by atoms with Crippen LogP contribution in [0.5, 0.6) is 0 Å². The van der Waals surface area contributed by atoms with Gasteiger partial charge in [0.05, 0.1) is 0 Å². The Morgan fingerprint density at radius 1 is 0.674 bits per heavy atom. The quantitative estimate of drug-likeness (QED) is 0.0723. The molecule has 10 atom stereocenters. The maximum atomic E-state index is 15.1. The number of rotatable bonds is 11. The fourth-order valence-corrected chi connectivity index (χ4v) is 4.34. The second-order valence-corrected chi connectivity index (χ2v) is 9.27. The van der Waals surface area contributed by atoms with Crippen molar-refractivity contribution in [3.63, 3.8) is 0 Å². The summed E-state index contributed by atoms with van der Waals surface area (Å²) in [7, 11) is 0. The van der Waals surface area contributed by atoms with E-state index >= 15 is 4.39 Å². The van der Waals surface area contributed by atoms with E-state index in [4.69, 9.17) is 42.6 Å². The van der Waals surface area contributed by atoms with Crippen molar-refractivity contribution in [1.29, 1.82) is 0 Å². The topological polar surface area (TPSA) is 234 Å². The Morgan fingerprint density at radius 2 is 1.11 bits per heavy atom. The second-order valence-electron chi connectivity index (χ2n) is 9.27. The van der Waals surface area contributed by atoms with Gasteiger partial charge in [0.1, 0.15) is 37.6 Å². The molecule has 46 heavy (non-hydrogen) atoms. The normalized spacial score (nSPS) is 29.8. The number of ether oxygens (including phenoxy) is 9. The van der Waals surface area contributed by atoms with Crippen LogP contribution >= 0.6 is 61.2 Å². The minimum Gasteiger partial charge on any atom is -0.463 e. The highest BCUT2D eigenvalue weighted by atomic mass is 128. The first-order valence-corrected chi connectivity index (χ1v) is 19.2. The van der Waals surface area contributed by atoms with Gasteiger partial charge in [0, 0.05) is 83.7 Å². The fraction of sp³-hybridized carbons (Fsp3) is 0.750. The Balaban J connectivity index is 0.00000661. The molecule has 0 aromatic rings. The van der Waals surface area contributed by atoms with Crippen LogP contribution in [-0.4, -0.2) is 110 Å². The molecule has 2 saturated heterocycles. The van der Waals surface area contributed by atoms with Crippen molar-refractivity contribution >= 4 is 97.0 Å². The summed E-state index contributed by atoms with van der Waals surface area (Å²) < 4.78 is 63.1. The average molecular weight is 1000 g/mol. The highest BCUT2D eigenvalue weighted by Crippen LogP contribution is 2.35. The van der Waals surface area contributed by atoms with Crippen molar-refractivity contribution in [2.75, 3.05) is 13.2 Å². The van der Waals surface area contributed by atoms with Gasteiger partial charge < -0.3 is 42.6 Å². The molecule has 0 N–H and O–H groups in total. The lowest BCUT2D eigenvalue weighted by atomic mass is 9.95. The van der Waals surface area contributed by atoms with E-state index in [0.717, 1.165) is 41.5 Å². The Morgan fingerprint density at radius 3 is 1.57 bits per heavy atom. The van der Waals surface area contributed by atoms with Crippen LogP contribution in [-0.2, 0) is 71.4 Å². The van der Waals surface area contributed by atoms with Gasteiger partial charge in [-0.1, -0.05) is 5.11 Å². The number of alkyl halides is 1.